The minimum Gasteiger partial charge on any atom is -0.499 e. The van der Waals surface area contributed by atoms with E-state index in [0.717, 1.165) is 18.1 Å². The van der Waals surface area contributed by atoms with E-state index in [1.54, 1.807) is 7.11 Å². The van der Waals surface area contributed by atoms with Gasteiger partial charge < -0.3 is 4.74 Å². The van der Waals surface area contributed by atoms with E-state index < -0.39 is 0 Å². The van der Waals surface area contributed by atoms with E-state index in [4.69, 9.17) is 4.74 Å². The molecule has 0 bridgehead atoms. The highest BCUT2D eigenvalue weighted by Gasteiger charge is 2.17. The van der Waals surface area contributed by atoms with Crippen LogP contribution in [0.25, 0.3) is 0 Å². The van der Waals surface area contributed by atoms with E-state index in [1.807, 2.05) is 11.8 Å². The molecule has 0 amide bonds. The first-order valence-corrected chi connectivity index (χ1v) is 3.97. The summed E-state index contributed by atoms with van der Waals surface area (Å²) >= 11 is 1.84. The molecule has 0 radical (unpaired) electrons. The van der Waals surface area contributed by atoms with Crippen molar-refractivity contribution in [2.75, 3.05) is 19.4 Å². The van der Waals surface area contributed by atoms with Crippen LogP contribution in [0, 0.1) is 0 Å². The fourth-order valence-corrected chi connectivity index (χ4v) is 1.73. The van der Waals surface area contributed by atoms with Gasteiger partial charge in [0.15, 0.2) is 0 Å². The second-order valence-corrected chi connectivity index (χ2v) is 3.09. The van der Waals surface area contributed by atoms with Crippen molar-refractivity contribution in [3.05, 3.63) is 12.3 Å². The van der Waals surface area contributed by atoms with Crippen LogP contribution >= 0.6 is 11.8 Å². The van der Waals surface area contributed by atoms with Crippen molar-refractivity contribution in [3.63, 3.8) is 0 Å². The highest BCUT2D eigenvalue weighted by molar-refractivity contribution is 8.00. The van der Waals surface area contributed by atoms with Crippen LogP contribution < -0.4 is 5.32 Å². The largest absolute Gasteiger partial charge is 0.499 e. The zero-order valence-corrected chi connectivity index (χ0v) is 6.33. The van der Waals surface area contributed by atoms with Gasteiger partial charge >= 0.3 is 0 Å². The third kappa shape index (κ3) is 1.63. The molecule has 0 aliphatic carbocycles. The number of thioether (sulfide) groups is 1. The average molecular weight is 145 g/mol. The van der Waals surface area contributed by atoms with Crippen LogP contribution in [-0.4, -0.2) is 24.8 Å². The molecule has 52 valence electrons. The Morgan fingerprint density at radius 2 is 2.67 bits per heavy atom. The molecule has 1 atom stereocenters. The SMILES string of the molecule is C=C(OC)C1NCCS1. The van der Waals surface area contributed by atoms with E-state index in [2.05, 4.69) is 11.9 Å². The Hall–Kier alpha value is -0.150. The van der Waals surface area contributed by atoms with Crippen LogP contribution in [0.15, 0.2) is 12.3 Å². The summed E-state index contributed by atoms with van der Waals surface area (Å²) in [5, 5.41) is 3.57. The summed E-state index contributed by atoms with van der Waals surface area (Å²) in [4.78, 5) is 0. The molecular formula is C6H11NOS. The van der Waals surface area contributed by atoms with Gasteiger partial charge in [-0.05, 0) is 0 Å². The first-order valence-electron chi connectivity index (χ1n) is 2.92. The first-order chi connectivity index (χ1) is 4.34. The van der Waals surface area contributed by atoms with Crippen molar-refractivity contribution in [1.82, 2.24) is 5.32 Å². The summed E-state index contributed by atoms with van der Waals surface area (Å²) in [7, 11) is 1.66. The van der Waals surface area contributed by atoms with Gasteiger partial charge in [-0.25, -0.2) is 0 Å². The first kappa shape index (κ1) is 6.96. The maximum atomic E-state index is 4.96. The summed E-state index contributed by atoms with van der Waals surface area (Å²) < 4.78 is 4.96. The fourth-order valence-electron chi connectivity index (χ4n) is 0.740. The number of nitrogens with one attached hydrogen (secondary N) is 1. The zero-order valence-electron chi connectivity index (χ0n) is 5.52. The molecule has 1 unspecified atom stereocenters. The van der Waals surface area contributed by atoms with Crippen LogP contribution in [0.3, 0.4) is 0 Å². The van der Waals surface area contributed by atoms with Crippen molar-refractivity contribution in [2.45, 2.75) is 5.37 Å². The zero-order chi connectivity index (χ0) is 6.69. The molecule has 0 saturated carbocycles. The lowest BCUT2D eigenvalue weighted by atomic mass is 10.5. The predicted octanol–water partition coefficient (Wildman–Crippen LogP) is 0.809. The molecule has 0 spiro atoms. The second-order valence-electron chi connectivity index (χ2n) is 1.88. The molecule has 0 aromatic heterocycles. The van der Waals surface area contributed by atoms with E-state index in [0.29, 0.717) is 5.37 Å². The monoisotopic (exact) mass is 145 g/mol. The van der Waals surface area contributed by atoms with Gasteiger partial charge in [0, 0.05) is 12.3 Å². The molecule has 9 heavy (non-hydrogen) atoms. The van der Waals surface area contributed by atoms with Gasteiger partial charge in [0.1, 0.15) is 11.1 Å². The summed E-state index contributed by atoms with van der Waals surface area (Å²) in [6.45, 7) is 4.82. The Morgan fingerprint density at radius 3 is 3.11 bits per heavy atom. The quantitative estimate of drug-likeness (QED) is 0.581. The standard InChI is InChI=1S/C6H11NOS/c1-5(8-2)6-7-3-4-9-6/h6-7H,1,3-4H2,2H3. The molecule has 2 nitrogen and oxygen atoms in total. The van der Waals surface area contributed by atoms with Crippen molar-refractivity contribution in [1.29, 1.82) is 0 Å². The van der Waals surface area contributed by atoms with Gasteiger partial charge in [-0.15, -0.1) is 11.8 Å². The van der Waals surface area contributed by atoms with Gasteiger partial charge in [-0.3, -0.25) is 5.32 Å². The molecule has 0 aromatic rings. The minimum atomic E-state index is 0.329. The molecule has 1 heterocycles. The third-order valence-corrected chi connectivity index (χ3v) is 2.47. The minimum absolute atomic E-state index is 0.329. The Bertz CT molecular complexity index is 110. The third-order valence-electron chi connectivity index (χ3n) is 1.27. The topological polar surface area (TPSA) is 21.3 Å². The summed E-state index contributed by atoms with van der Waals surface area (Å²) in [5.41, 5.74) is 0. The predicted molar refractivity (Wildman–Crippen MR) is 40.4 cm³/mol. The Kier molecular flexibility index (Phi) is 2.42. The van der Waals surface area contributed by atoms with E-state index in [9.17, 15) is 0 Å². The highest BCUT2D eigenvalue weighted by Crippen LogP contribution is 2.19. The molecule has 1 saturated heterocycles. The summed E-state index contributed by atoms with van der Waals surface area (Å²) in [6, 6.07) is 0. The average Bonchev–Trinajstić information content (AvgIpc) is 2.37. The Labute approximate surface area is 59.7 Å². The molecule has 3 heteroatoms. The number of methoxy groups -OCH3 is 1. The summed E-state index contributed by atoms with van der Waals surface area (Å²) in [5.74, 6) is 1.99. The van der Waals surface area contributed by atoms with Crippen LogP contribution in [0.5, 0.6) is 0 Å². The van der Waals surface area contributed by atoms with Crippen LogP contribution in [0.1, 0.15) is 0 Å². The van der Waals surface area contributed by atoms with Gasteiger partial charge in [-0.1, -0.05) is 6.58 Å². The van der Waals surface area contributed by atoms with E-state index >= 15 is 0 Å². The lowest BCUT2D eigenvalue weighted by molar-refractivity contribution is 0.277. The number of hydrogen-bond donors (Lipinski definition) is 1. The molecule has 1 rings (SSSR count). The number of hydrogen-bond acceptors (Lipinski definition) is 3. The molecule has 1 N–H and O–H groups in total. The second kappa shape index (κ2) is 3.13. The number of rotatable bonds is 2. The van der Waals surface area contributed by atoms with Crippen molar-refractivity contribution < 1.29 is 4.74 Å². The fraction of sp³-hybridized carbons (Fsp3) is 0.667. The van der Waals surface area contributed by atoms with Gasteiger partial charge in [0.05, 0.1) is 7.11 Å². The Balaban J connectivity index is 2.32. The van der Waals surface area contributed by atoms with Crippen LogP contribution in [-0.2, 0) is 4.74 Å². The summed E-state index contributed by atoms with van der Waals surface area (Å²) in [6.07, 6.45) is 0. The molecule has 1 aliphatic rings. The normalized spacial score (nSPS) is 26.1. The van der Waals surface area contributed by atoms with E-state index in [-0.39, 0.29) is 0 Å². The van der Waals surface area contributed by atoms with Gasteiger partial charge in [-0.2, -0.15) is 0 Å². The highest BCUT2D eigenvalue weighted by atomic mass is 32.2. The van der Waals surface area contributed by atoms with Crippen molar-refractivity contribution in [2.24, 2.45) is 0 Å². The van der Waals surface area contributed by atoms with Crippen molar-refractivity contribution in [3.8, 4) is 0 Å². The molecule has 1 aliphatic heterocycles. The van der Waals surface area contributed by atoms with Gasteiger partial charge in [0.25, 0.3) is 0 Å². The van der Waals surface area contributed by atoms with Gasteiger partial charge in [0.2, 0.25) is 0 Å². The molecule has 0 aromatic carbocycles. The molecule has 1 fully saturated rings. The maximum absolute atomic E-state index is 4.96. The molecular weight excluding hydrogens is 134 g/mol. The Morgan fingerprint density at radius 1 is 1.89 bits per heavy atom. The lowest BCUT2D eigenvalue weighted by Gasteiger charge is -2.10. The van der Waals surface area contributed by atoms with Crippen molar-refractivity contribution >= 4 is 11.8 Å². The van der Waals surface area contributed by atoms with Crippen LogP contribution in [0.4, 0.5) is 0 Å². The smallest absolute Gasteiger partial charge is 0.116 e. The number of ether oxygens (including phenoxy) is 1. The maximum Gasteiger partial charge on any atom is 0.116 e. The lowest BCUT2D eigenvalue weighted by Crippen LogP contribution is -2.21. The van der Waals surface area contributed by atoms with Crippen LogP contribution in [0.2, 0.25) is 0 Å². The van der Waals surface area contributed by atoms with E-state index in [1.165, 1.54) is 0 Å².